The molecule has 14 heteroatoms. The molecule has 2 amide bonds. The van der Waals surface area contributed by atoms with Crippen LogP contribution in [0.25, 0.3) is 0 Å². The summed E-state index contributed by atoms with van der Waals surface area (Å²) >= 11 is 0. The summed E-state index contributed by atoms with van der Waals surface area (Å²) in [5, 5.41) is 12.3. The molecule has 1 atom stereocenters. The molecule has 1 saturated heterocycles. The summed E-state index contributed by atoms with van der Waals surface area (Å²) in [5.74, 6) is -3.42. The van der Waals surface area contributed by atoms with Gasteiger partial charge in [0, 0.05) is 31.1 Å². The quantitative estimate of drug-likeness (QED) is 0.634. The molecule has 10 nitrogen and oxygen atoms in total. The molecular weight excluding hydrogens is 438 g/mol. The van der Waals surface area contributed by atoms with E-state index in [0.717, 1.165) is 33.2 Å². The second-order valence-electron chi connectivity index (χ2n) is 7.01. The van der Waals surface area contributed by atoms with Crippen molar-refractivity contribution in [3.63, 3.8) is 0 Å². The van der Waals surface area contributed by atoms with Gasteiger partial charge in [-0.2, -0.15) is 13.9 Å². The number of anilines is 2. The summed E-state index contributed by atoms with van der Waals surface area (Å²) in [7, 11) is 0. The number of halogens is 4. The van der Waals surface area contributed by atoms with Gasteiger partial charge in [0.15, 0.2) is 11.6 Å². The second-order valence-corrected chi connectivity index (χ2v) is 7.01. The molecule has 1 fully saturated rings. The first-order chi connectivity index (χ1) is 15.3. The minimum absolute atomic E-state index is 0.0451. The van der Waals surface area contributed by atoms with Crippen molar-refractivity contribution < 1.29 is 31.9 Å². The minimum atomic E-state index is -3.18. The number of benzene rings is 1. The average Bonchev–Trinajstić information content (AvgIpc) is 3.31. The molecule has 0 bridgehead atoms. The zero-order chi connectivity index (χ0) is 22.8. The molecule has 170 valence electrons. The molecule has 2 aliphatic rings. The summed E-state index contributed by atoms with van der Waals surface area (Å²) in [5.41, 5.74) is -0.578. The van der Waals surface area contributed by atoms with Crippen molar-refractivity contribution in [3.05, 3.63) is 36.2 Å². The van der Waals surface area contributed by atoms with Crippen LogP contribution in [0.15, 0.2) is 29.6 Å². The van der Waals surface area contributed by atoms with Gasteiger partial charge in [0.25, 0.3) is 5.91 Å². The monoisotopic (exact) mass is 455 g/mol. The van der Waals surface area contributed by atoms with Crippen LogP contribution in [0.5, 0.6) is 0 Å². The van der Waals surface area contributed by atoms with Crippen molar-refractivity contribution in [1.82, 2.24) is 19.9 Å². The van der Waals surface area contributed by atoms with Crippen LogP contribution >= 0.6 is 0 Å². The summed E-state index contributed by atoms with van der Waals surface area (Å²) in [6.07, 6.45) is -0.378. The number of ether oxygens (including phenoxy) is 1. The van der Waals surface area contributed by atoms with Gasteiger partial charge in [-0.1, -0.05) is 5.21 Å². The lowest BCUT2D eigenvalue weighted by Gasteiger charge is -2.23. The highest BCUT2D eigenvalue weighted by Crippen LogP contribution is 2.31. The molecule has 2 aromatic rings. The third-order valence-corrected chi connectivity index (χ3v) is 4.91. The topological polar surface area (TPSA) is 96.2 Å². The predicted octanol–water partition coefficient (Wildman–Crippen LogP) is 1.48. The Kier molecular flexibility index (Phi) is 5.92. The van der Waals surface area contributed by atoms with Crippen LogP contribution in [0, 0.1) is 11.6 Å². The SMILES string of the molecule is O=C(C(F)F)N1CC=NN(c2c(F)cc(N3C[C@H](Cn4ccnn4)OC3=O)cc2F)CC1. The van der Waals surface area contributed by atoms with E-state index < -0.39 is 41.9 Å². The van der Waals surface area contributed by atoms with E-state index in [-0.39, 0.29) is 38.4 Å². The zero-order valence-electron chi connectivity index (χ0n) is 16.4. The van der Waals surface area contributed by atoms with E-state index in [1.165, 1.54) is 10.9 Å². The van der Waals surface area contributed by atoms with Gasteiger partial charge in [0.2, 0.25) is 0 Å². The highest BCUT2D eigenvalue weighted by Gasteiger charge is 2.34. The third-order valence-electron chi connectivity index (χ3n) is 4.91. The number of aromatic nitrogens is 3. The van der Waals surface area contributed by atoms with Crippen LogP contribution in [0.3, 0.4) is 0 Å². The van der Waals surface area contributed by atoms with Gasteiger partial charge in [0.05, 0.1) is 38.1 Å². The van der Waals surface area contributed by atoms with Gasteiger partial charge in [-0.3, -0.25) is 14.7 Å². The molecule has 0 N–H and O–H groups in total. The van der Waals surface area contributed by atoms with Crippen molar-refractivity contribution in [2.45, 2.75) is 19.1 Å². The van der Waals surface area contributed by atoms with Crippen LogP contribution in [0.4, 0.5) is 33.7 Å². The van der Waals surface area contributed by atoms with Gasteiger partial charge in [0.1, 0.15) is 11.8 Å². The van der Waals surface area contributed by atoms with Crippen molar-refractivity contribution in [2.75, 3.05) is 36.1 Å². The number of cyclic esters (lactones) is 1. The number of alkyl halides is 2. The lowest BCUT2D eigenvalue weighted by atomic mass is 10.2. The number of hydrogen-bond donors (Lipinski definition) is 0. The van der Waals surface area contributed by atoms with E-state index >= 15 is 0 Å². The van der Waals surface area contributed by atoms with Gasteiger partial charge in [-0.15, -0.1) is 5.10 Å². The Hall–Kier alpha value is -3.71. The lowest BCUT2D eigenvalue weighted by molar-refractivity contribution is -0.141. The normalized spacial score (nSPS) is 19.0. The molecule has 0 radical (unpaired) electrons. The molecule has 0 unspecified atom stereocenters. The molecule has 4 rings (SSSR count). The van der Waals surface area contributed by atoms with Crippen molar-refractivity contribution >= 4 is 29.6 Å². The number of amides is 2. The third kappa shape index (κ3) is 4.33. The lowest BCUT2D eigenvalue weighted by Crippen LogP contribution is -2.39. The van der Waals surface area contributed by atoms with Crippen LogP contribution in [-0.4, -0.2) is 76.8 Å². The highest BCUT2D eigenvalue weighted by molar-refractivity contribution is 5.90. The Morgan fingerprint density at radius 2 is 1.97 bits per heavy atom. The van der Waals surface area contributed by atoms with E-state index in [2.05, 4.69) is 15.4 Å². The summed E-state index contributed by atoms with van der Waals surface area (Å²) in [4.78, 5) is 25.6. The number of rotatable bonds is 5. The minimum Gasteiger partial charge on any atom is -0.442 e. The van der Waals surface area contributed by atoms with E-state index in [9.17, 15) is 27.2 Å². The maximum Gasteiger partial charge on any atom is 0.414 e. The molecule has 0 spiro atoms. The molecular formula is C18H17F4N7O3. The Morgan fingerprint density at radius 3 is 2.62 bits per heavy atom. The molecule has 32 heavy (non-hydrogen) atoms. The van der Waals surface area contributed by atoms with Crippen LogP contribution in [0.2, 0.25) is 0 Å². The van der Waals surface area contributed by atoms with E-state index in [4.69, 9.17) is 4.74 Å². The fourth-order valence-corrected chi connectivity index (χ4v) is 3.43. The fourth-order valence-electron chi connectivity index (χ4n) is 3.43. The van der Waals surface area contributed by atoms with Gasteiger partial charge in [-0.25, -0.2) is 18.3 Å². The van der Waals surface area contributed by atoms with Crippen molar-refractivity contribution in [1.29, 1.82) is 0 Å². The van der Waals surface area contributed by atoms with Crippen LogP contribution in [-0.2, 0) is 16.1 Å². The number of nitrogens with zero attached hydrogens (tertiary/aromatic N) is 7. The molecule has 3 heterocycles. The fraction of sp³-hybridized carbons (Fsp3) is 0.389. The van der Waals surface area contributed by atoms with E-state index in [1.54, 1.807) is 6.20 Å². The maximum absolute atomic E-state index is 14.8. The highest BCUT2D eigenvalue weighted by atomic mass is 19.3. The Labute approximate surface area is 178 Å². The zero-order valence-corrected chi connectivity index (χ0v) is 16.4. The standard InChI is InChI=1S/C18H17F4N7O3/c19-13-7-11(28-10-12(32-18(28)31)9-27-4-1-23-25-27)8-14(20)15(13)29-6-5-26(3-2-24-29)17(30)16(21)22/h1-2,4,7-8,12,16H,3,5-6,9-10H2/t12-/m0/s1. The maximum atomic E-state index is 14.8. The van der Waals surface area contributed by atoms with Gasteiger partial charge < -0.3 is 9.64 Å². The van der Waals surface area contributed by atoms with Crippen molar-refractivity contribution in [2.24, 2.45) is 5.10 Å². The van der Waals surface area contributed by atoms with Gasteiger partial charge >= 0.3 is 12.5 Å². The summed E-state index contributed by atoms with van der Waals surface area (Å²) in [6, 6.07) is 1.92. The predicted molar refractivity (Wildman–Crippen MR) is 102 cm³/mol. The average molecular weight is 455 g/mol. The second kappa shape index (κ2) is 8.80. The first kappa shape index (κ1) is 21.5. The molecule has 1 aromatic heterocycles. The molecule has 0 aliphatic carbocycles. The van der Waals surface area contributed by atoms with E-state index in [0.29, 0.717) is 0 Å². The van der Waals surface area contributed by atoms with Crippen LogP contribution in [0.1, 0.15) is 0 Å². The molecule has 2 aliphatic heterocycles. The first-order valence-corrected chi connectivity index (χ1v) is 9.51. The summed E-state index contributed by atoms with van der Waals surface area (Å²) < 4.78 is 61.6. The smallest absolute Gasteiger partial charge is 0.414 e. The Balaban J connectivity index is 1.49. The van der Waals surface area contributed by atoms with Crippen LogP contribution < -0.4 is 9.91 Å². The molecule has 1 aromatic carbocycles. The van der Waals surface area contributed by atoms with E-state index in [1.807, 2.05) is 0 Å². The molecule has 0 saturated carbocycles. The number of hydrazone groups is 1. The largest absolute Gasteiger partial charge is 0.442 e. The Bertz CT molecular complexity index is 1010. The number of hydrogen-bond acceptors (Lipinski definition) is 7. The Morgan fingerprint density at radius 1 is 1.22 bits per heavy atom. The summed E-state index contributed by atoms with van der Waals surface area (Å²) in [6.45, 7) is -0.348. The van der Waals surface area contributed by atoms with Gasteiger partial charge in [-0.05, 0) is 0 Å². The van der Waals surface area contributed by atoms with Crippen molar-refractivity contribution in [3.8, 4) is 0 Å². The first-order valence-electron chi connectivity index (χ1n) is 9.51. The number of carbonyl (C=O) groups is 2. The number of carbonyl (C=O) groups excluding carboxylic acids is 2.